The summed E-state index contributed by atoms with van der Waals surface area (Å²) in [5.74, 6) is 0. The average molecular weight is 342 g/mol. The maximum absolute atomic E-state index is 14.4. The van der Waals surface area contributed by atoms with Crippen LogP contribution in [0.2, 0.25) is 0 Å². The predicted octanol–water partition coefficient (Wildman–Crippen LogP) is 3.53. The highest BCUT2D eigenvalue weighted by Crippen LogP contribution is 2.20. The van der Waals surface area contributed by atoms with E-state index in [1.54, 1.807) is 0 Å². The molecule has 2 atom stereocenters. The quantitative estimate of drug-likeness (QED) is 0.904. The van der Waals surface area contributed by atoms with Crippen LogP contribution in [0.25, 0.3) is 0 Å². The van der Waals surface area contributed by atoms with Gasteiger partial charge in [0.15, 0.2) is 0 Å². The zero-order chi connectivity index (χ0) is 17.5. The topological polar surface area (TPSA) is 41.6 Å². The lowest BCUT2D eigenvalue weighted by atomic mass is 10.0. The zero-order valence-corrected chi connectivity index (χ0v) is 14.1. The van der Waals surface area contributed by atoms with Gasteiger partial charge < -0.3 is 10.1 Å². The van der Waals surface area contributed by atoms with Gasteiger partial charge in [0.05, 0.1) is 6.04 Å². The molecular weight excluding hydrogens is 319 g/mol. The molecule has 1 heterocycles. The van der Waals surface area contributed by atoms with E-state index in [4.69, 9.17) is 4.74 Å². The highest BCUT2D eigenvalue weighted by molar-refractivity contribution is 5.68. The Balaban J connectivity index is 1.71. The van der Waals surface area contributed by atoms with Crippen LogP contribution in [-0.2, 0) is 17.9 Å². The van der Waals surface area contributed by atoms with Crippen molar-refractivity contribution < 1.29 is 13.9 Å². The van der Waals surface area contributed by atoms with Crippen molar-refractivity contribution in [3.05, 3.63) is 71.8 Å². The summed E-state index contributed by atoms with van der Waals surface area (Å²) < 4.78 is 19.9. The molecule has 0 spiro atoms. The second-order valence-corrected chi connectivity index (χ2v) is 6.23. The first-order valence-corrected chi connectivity index (χ1v) is 8.60. The van der Waals surface area contributed by atoms with Crippen molar-refractivity contribution in [2.24, 2.45) is 0 Å². The number of nitrogens with one attached hydrogen (secondary N) is 1. The Bertz CT molecular complexity index is 666. The van der Waals surface area contributed by atoms with Crippen molar-refractivity contribution in [1.29, 1.82) is 0 Å². The second-order valence-electron chi connectivity index (χ2n) is 6.23. The summed E-state index contributed by atoms with van der Waals surface area (Å²) in [5, 5.41) is 3.03. The van der Waals surface area contributed by atoms with Gasteiger partial charge in [-0.2, -0.15) is 0 Å². The minimum Gasteiger partial charge on any atom is -0.445 e. The molecule has 3 rings (SSSR count). The van der Waals surface area contributed by atoms with Gasteiger partial charge in [-0.15, -0.1) is 0 Å². The molecule has 0 saturated carbocycles. The SMILES string of the molecule is O=C(OCc1ccccc1)N(Cc1ccccc1)[C@H]1CCNC[C@@H]1F. The summed E-state index contributed by atoms with van der Waals surface area (Å²) >= 11 is 0. The number of piperidine rings is 1. The highest BCUT2D eigenvalue weighted by atomic mass is 19.1. The molecule has 1 aliphatic heterocycles. The van der Waals surface area contributed by atoms with Gasteiger partial charge >= 0.3 is 6.09 Å². The number of alkyl halides is 1. The minimum absolute atomic E-state index is 0.187. The molecule has 1 fully saturated rings. The molecule has 25 heavy (non-hydrogen) atoms. The Morgan fingerprint density at radius 3 is 2.36 bits per heavy atom. The fourth-order valence-electron chi connectivity index (χ4n) is 3.06. The molecule has 2 aromatic carbocycles. The Labute approximate surface area is 147 Å². The van der Waals surface area contributed by atoms with Crippen molar-refractivity contribution in [2.45, 2.75) is 31.8 Å². The van der Waals surface area contributed by atoms with Crippen LogP contribution < -0.4 is 5.32 Å². The van der Waals surface area contributed by atoms with Crippen molar-refractivity contribution in [3.8, 4) is 0 Å². The lowest BCUT2D eigenvalue weighted by molar-refractivity contribution is 0.0442. The zero-order valence-electron chi connectivity index (χ0n) is 14.1. The smallest absolute Gasteiger partial charge is 0.410 e. The summed E-state index contributed by atoms with van der Waals surface area (Å²) in [6.07, 6.45) is -0.988. The third kappa shape index (κ3) is 4.79. The summed E-state index contributed by atoms with van der Waals surface area (Å²) in [7, 11) is 0. The van der Waals surface area contributed by atoms with E-state index in [2.05, 4.69) is 5.32 Å². The molecule has 1 amide bonds. The van der Waals surface area contributed by atoms with Crippen LogP contribution in [0.15, 0.2) is 60.7 Å². The molecule has 0 unspecified atom stereocenters. The molecule has 1 N–H and O–H groups in total. The number of hydrogen-bond acceptors (Lipinski definition) is 3. The Morgan fingerprint density at radius 1 is 1.08 bits per heavy atom. The number of rotatable bonds is 5. The van der Waals surface area contributed by atoms with Crippen molar-refractivity contribution in [2.75, 3.05) is 13.1 Å². The van der Waals surface area contributed by atoms with Gasteiger partial charge in [0, 0.05) is 13.1 Å². The summed E-state index contributed by atoms with van der Waals surface area (Å²) in [4.78, 5) is 14.2. The molecule has 4 nitrogen and oxygen atoms in total. The Morgan fingerprint density at radius 2 is 1.72 bits per heavy atom. The average Bonchev–Trinajstić information content (AvgIpc) is 2.66. The van der Waals surface area contributed by atoms with E-state index >= 15 is 0 Å². The monoisotopic (exact) mass is 342 g/mol. The van der Waals surface area contributed by atoms with Gasteiger partial charge in [-0.3, -0.25) is 4.90 Å². The van der Waals surface area contributed by atoms with Crippen LogP contribution in [0.5, 0.6) is 0 Å². The molecule has 5 heteroatoms. The van der Waals surface area contributed by atoms with Crippen LogP contribution in [0.4, 0.5) is 9.18 Å². The van der Waals surface area contributed by atoms with Crippen molar-refractivity contribution >= 4 is 6.09 Å². The van der Waals surface area contributed by atoms with Gasteiger partial charge in [0.25, 0.3) is 0 Å². The van der Waals surface area contributed by atoms with Crippen LogP contribution in [0.1, 0.15) is 17.5 Å². The Hall–Kier alpha value is -2.40. The first kappa shape index (κ1) is 17.4. The fraction of sp³-hybridized carbons (Fsp3) is 0.350. The molecule has 0 aromatic heterocycles. The van der Waals surface area contributed by atoms with Crippen molar-refractivity contribution in [1.82, 2.24) is 10.2 Å². The number of hydrogen-bond donors (Lipinski definition) is 1. The summed E-state index contributed by atoms with van der Waals surface area (Å²) in [6.45, 7) is 1.50. The number of halogens is 1. The summed E-state index contributed by atoms with van der Waals surface area (Å²) in [6, 6.07) is 18.7. The molecule has 1 saturated heterocycles. The first-order chi connectivity index (χ1) is 12.2. The van der Waals surface area contributed by atoms with E-state index in [0.29, 0.717) is 19.5 Å². The highest BCUT2D eigenvalue weighted by Gasteiger charge is 2.34. The van der Waals surface area contributed by atoms with Gasteiger partial charge in [0.2, 0.25) is 0 Å². The predicted molar refractivity (Wildman–Crippen MR) is 94.8 cm³/mol. The number of benzene rings is 2. The third-order valence-corrected chi connectivity index (χ3v) is 4.41. The van der Waals surface area contributed by atoms with E-state index in [-0.39, 0.29) is 13.2 Å². The molecule has 0 radical (unpaired) electrons. The standard InChI is InChI=1S/C20H23FN2O2/c21-18-13-22-12-11-19(18)23(14-16-7-3-1-4-8-16)20(24)25-15-17-9-5-2-6-10-17/h1-10,18-19,22H,11-15H2/t18-,19-/m0/s1. The van der Waals surface area contributed by atoms with Gasteiger partial charge in [-0.05, 0) is 24.1 Å². The number of ether oxygens (including phenoxy) is 1. The Kier molecular flexibility index (Phi) is 6.01. The van der Waals surface area contributed by atoms with Crippen LogP contribution >= 0.6 is 0 Å². The number of carbonyl (C=O) groups is 1. The molecule has 2 aromatic rings. The second kappa shape index (κ2) is 8.62. The van der Waals surface area contributed by atoms with Gasteiger partial charge in [-0.1, -0.05) is 60.7 Å². The van der Waals surface area contributed by atoms with Crippen LogP contribution in [0.3, 0.4) is 0 Å². The van der Waals surface area contributed by atoms with Gasteiger partial charge in [-0.25, -0.2) is 9.18 Å². The van der Waals surface area contributed by atoms with E-state index in [9.17, 15) is 9.18 Å². The van der Waals surface area contributed by atoms with Crippen molar-refractivity contribution in [3.63, 3.8) is 0 Å². The number of amides is 1. The largest absolute Gasteiger partial charge is 0.445 e. The molecule has 0 bridgehead atoms. The molecule has 0 aliphatic carbocycles. The molecule has 132 valence electrons. The van der Waals surface area contributed by atoms with Gasteiger partial charge in [0.1, 0.15) is 12.8 Å². The lowest BCUT2D eigenvalue weighted by Crippen LogP contribution is -2.52. The molecule has 1 aliphatic rings. The van der Waals surface area contributed by atoms with Crippen LogP contribution in [-0.4, -0.2) is 36.3 Å². The normalized spacial score (nSPS) is 20.0. The molecular formula is C20H23FN2O2. The number of carbonyl (C=O) groups excluding carboxylic acids is 1. The van der Waals surface area contributed by atoms with Crippen LogP contribution in [0, 0.1) is 0 Å². The van der Waals surface area contributed by atoms with E-state index < -0.39 is 18.3 Å². The van der Waals surface area contributed by atoms with E-state index in [1.165, 1.54) is 4.90 Å². The van der Waals surface area contributed by atoms with E-state index in [1.807, 2.05) is 60.7 Å². The number of nitrogens with zero attached hydrogens (tertiary/aromatic N) is 1. The fourth-order valence-corrected chi connectivity index (χ4v) is 3.06. The maximum Gasteiger partial charge on any atom is 0.410 e. The third-order valence-electron chi connectivity index (χ3n) is 4.41. The minimum atomic E-state index is -1.10. The first-order valence-electron chi connectivity index (χ1n) is 8.60. The van der Waals surface area contributed by atoms with E-state index in [0.717, 1.165) is 11.1 Å². The maximum atomic E-state index is 14.4. The lowest BCUT2D eigenvalue weighted by Gasteiger charge is -2.36. The summed E-state index contributed by atoms with van der Waals surface area (Å²) in [5.41, 5.74) is 1.88.